The van der Waals surface area contributed by atoms with E-state index >= 15 is 0 Å². The van der Waals surface area contributed by atoms with Gasteiger partial charge >= 0.3 is 35.5 Å². The fourth-order valence-electron chi connectivity index (χ4n) is 1.17. The Hall–Kier alpha value is -0.920. The minimum absolute atomic E-state index is 0. The largest absolute Gasteiger partial charge is 1.00 e. The molecule has 0 saturated carbocycles. The van der Waals surface area contributed by atoms with Crippen molar-refractivity contribution in [3.05, 3.63) is 52.4 Å². The molecule has 1 aromatic rings. The topological polar surface area (TPSA) is 94.5 Å². The molecule has 0 aromatic heterocycles. The van der Waals surface area contributed by atoms with Crippen LogP contribution in [-0.4, -0.2) is 24.0 Å². The molecule has 19 heavy (non-hydrogen) atoms. The van der Waals surface area contributed by atoms with E-state index < -0.39 is 21.0 Å². The molecule has 0 radical (unpaired) electrons. The summed E-state index contributed by atoms with van der Waals surface area (Å²) in [6.45, 7) is 1.21. The molecule has 96 valence electrons. The fourth-order valence-corrected chi connectivity index (χ4v) is 1.78. The Balaban J connectivity index is 0.00000324. The van der Waals surface area contributed by atoms with E-state index in [4.69, 9.17) is 5.11 Å². The Morgan fingerprint density at radius 1 is 1.26 bits per heavy atom. The Morgan fingerprint density at radius 3 is 2.21 bits per heavy atom. The Morgan fingerprint density at radius 2 is 1.79 bits per heavy atom. The van der Waals surface area contributed by atoms with Crippen LogP contribution in [0.25, 0.3) is 6.08 Å². The number of aliphatic carboxylic acids is 1. The van der Waals surface area contributed by atoms with E-state index in [1.165, 1.54) is 6.92 Å². The summed E-state index contributed by atoms with van der Waals surface area (Å²) in [5.41, 5.74) is 0.276. The zero-order chi connectivity index (χ0) is 13.8. The molecule has 0 aliphatic carbocycles. The third-order valence-corrected chi connectivity index (χ3v) is 2.91. The van der Waals surface area contributed by atoms with E-state index in [0.29, 0.717) is 5.56 Å². The molecular weight excluding hydrogens is 279 g/mol. The summed E-state index contributed by atoms with van der Waals surface area (Å²) in [7, 11) is -4.72. The van der Waals surface area contributed by atoms with Gasteiger partial charge in [0.15, 0.2) is 0 Å². The van der Waals surface area contributed by atoms with Gasteiger partial charge in [0.2, 0.25) is 0 Å². The SMILES string of the molecule is CC(=CC(=Cc1ccccc1)S(=O)(=O)[O-])C(=O)O.[Na+]. The van der Waals surface area contributed by atoms with Crippen LogP contribution < -0.4 is 29.6 Å². The van der Waals surface area contributed by atoms with Crippen LogP contribution in [-0.2, 0) is 14.9 Å². The summed E-state index contributed by atoms with van der Waals surface area (Å²) < 4.78 is 33.1. The molecule has 0 aliphatic rings. The van der Waals surface area contributed by atoms with Crippen LogP contribution in [0.4, 0.5) is 0 Å². The van der Waals surface area contributed by atoms with Gasteiger partial charge in [-0.2, -0.15) is 0 Å². The maximum atomic E-state index is 11.0. The maximum absolute atomic E-state index is 11.0. The van der Waals surface area contributed by atoms with Crippen LogP contribution in [0.5, 0.6) is 0 Å². The zero-order valence-electron chi connectivity index (χ0n) is 10.5. The van der Waals surface area contributed by atoms with Crippen molar-refractivity contribution in [3.8, 4) is 0 Å². The van der Waals surface area contributed by atoms with Crippen molar-refractivity contribution in [1.82, 2.24) is 0 Å². The second-order valence-corrected chi connectivity index (χ2v) is 4.92. The minimum Gasteiger partial charge on any atom is -0.744 e. The van der Waals surface area contributed by atoms with Crippen molar-refractivity contribution >= 4 is 22.2 Å². The van der Waals surface area contributed by atoms with Gasteiger partial charge in [-0.25, -0.2) is 13.2 Å². The van der Waals surface area contributed by atoms with Crippen LogP contribution in [0.1, 0.15) is 12.5 Å². The van der Waals surface area contributed by atoms with E-state index in [0.717, 1.165) is 12.2 Å². The summed E-state index contributed by atoms with van der Waals surface area (Å²) in [6, 6.07) is 8.30. The molecule has 1 N–H and O–H groups in total. The van der Waals surface area contributed by atoms with E-state index in [1.54, 1.807) is 30.3 Å². The molecule has 0 fully saturated rings. The second-order valence-electron chi connectivity index (χ2n) is 3.54. The quantitative estimate of drug-likeness (QED) is 0.319. The molecule has 0 aliphatic heterocycles. The summed E-state index contributed by atoms with van der Waals surface area (Å²) in [5, 5.41) is 8.67. The molecule has 0 saturated heterocycles. The first kappa shape index (κ1) is 18.1. The summed E-state index contributed by atoms with van der Waals surface area (Å²) >= 11 is 0. The van der Waals surface area contributed by atoms with Crippen LogP contribution >= 0.6 is 0 Å². The van der Waals surface area contributed by atoms with Gasteiger partial charge in [-0.1, -0.05) is 30.3 Å². The molecule has 0 spiro atoms. The third-order valence-electron chi connectivity index (χ3n) is 2.09. The normalized spacial score (nSPS) is 12.7. The number of rotatable bonds is 4. The Bertz CT molecular complexity index is 602. The molecule has 0 amide bonds. The van der Waals surface area contributed by atoms with Crippen LogP contribution in [0.15, 0.2) is 46.9 Å². The molecular formula is C12H11NaO5S. The Labute approximate surface area is 133 Å². The zero-order valence-corrected chi connectivity index (χ0v) is 13.3. The van der Waals surface area contributed by atoms with Gasteiger partial charge in [0.05, 0.1) is 4.91 Å². The molecule has 0 atom stereocenters. The van der Waals surface area contributed by atoms with Gasteiger partial charge in [-0.3, -0.25) is 0 Å². The standard InChI is InChI=1S/C12H12O5S.Na/c1-9(12(13)14)7-11(18(15,16)17)8-10-5-3-2-4-6-10;/h2-8H,1H3,(H,13,14)(H,15,16,17);/q;+1/p-1. The van der Waals surface area contributed by atoms with Gasteiger partial charge < -0.3 is 9.66 Å². The number of allylic oxidation sites excluding steroid dienone is 1. The smallest absolute Gasteiger partial charge is 0.744 e. The third kappa shape index (κ3) is 6.17. The molecule has 0 unspecified atom stereocenters. The van der Waals surface area contributed by atoms with Gasteiger partial charge in [-0.05, 0) is 24.6 Å². The first-order chi connectivity index (χ1) is 8.30. The van der Waals surface area contributed by atoms with E-state index in [9.17, 15) is 17.8 Å². The summed E-state index contributed by atoms with van der Waals surface area (Å²) in [6.07, 6.45) is 1.98. The van der Waals surface area contributed by atoms with Crippen molar-refractivity contribution in [1.29, 1.82) is 0 Å². The predicted molar refractivity (Wildman–Crippen MR) is 65.5 cm³/mol. The molecule has 0 heterocycles. The Kier molecular flexibility index (Phi) is 7.25. The maximum Gasteiger partial charge on any atom is 1.00 e. The number of carboxylic acids is 1. The first-order valence-electron chi connectivity index (χ1n) is 4.95. The molecule has 1 rings (SSSR count). The number of carboxylic acid groups (broad SMARTS) is 1. The van der Waals surface area contributed by atoms with Gasteiger partial charge in [0.1, 0.15) is 10.1 Å². The monoisotopic (exact) mass is 290 g/mol. The van der Waals surface area contributed by atoms with Crippen LogP contribution in [0.2, 0.25) is 0 Å². The van der Waals surface area contributed by atoms with Crippen molar-refractivity contribution in [3.63, 3.8) is 0 Å². The summed E-state index contributed by atoms with van der Waals surface area (Å²) in [4.78, 5) is 10.0. The van der Waals surface area contributed by atoms with Gasteiger partial charge in [0.25, 0.3) is 0 Å². The predicted octanol–water partition coefficient (Wildman–Crippen LogP) is -1.39. The number of carbonyl (C=O) groups is 1. The summed E-state index contributed by atoms with van der Waals surface area (Å²) in [5.74, 6) is -1.28. The van der Waals surface area contributed by atoms with E-state index in [2.05, 4.69) is 0 Å². The number of hydrogen-bond acceptors (Lipinski definition) is 4. The van der Waals surface area contributed by atoms with Gasteiger partial charge in [-0.15, -0.1) is 0 Å². The van der Waals surface area contributed by atoms with E-state index in [1.807, 2.05) is 0 Å². The van der Waals surface area contributed by atoms with Crippen LogP contribution in [0, 0.1) is 0 Å². The van der Waals surface area contributed by atoms with Gasteiger partial charge in [0, 0.05) is 5.57 Å². The van der Waals surface area contributed by atoms with Crippen LogP contribution in [0.3, 0.4) is 0 Å². The van der Waals surface area contributed by atoms with Crippen molar-refractivity contribution in [2.45, 2.75) is 6.92 Å². The average Bonchev–Trinajstić information content (AvgIpc) is 2.28. The van der Waals surface area contributed by atoms with E-state index in [-0.39, 0.29) is 35.1 Å². The molecule has 5 nitrogen and oxygen atoms in total. The average molecular weight is 290 g/mol. The second kappa shape index (κ2) is 7.62. The van der Waals surface area contributed by atoms with Crippen molar-refractivity contribution < 1.29 is 52.4 Å². The minimum atomic E-state index is -4.72. The fraction of sp³-hybridized carbons (Fsp3) is 0.0833. The van der Waals surface area contributed by atoms with Crippen molar-refractivity contribution in [2.24, 2.45) is 0 Å². The van der Waals surface area contributed by atoms with Crippen molar-refractivity contribution in [2.75, 3.05) is 0 Å². The molecule has 1 aromatic carbocycles. The number of hydrogen-bond donors (Lipinski definition) is 1. The number of benzene rings is 1. The first-order valence-corrected chi connectivity index (χ1v) is 6.36. The molecule has 7 heteroatoms. The molecule has 0 bridgehead atoms.